The van der Waals surface area contributed by atoms with Gasteiger partial charge >= 0.3 is 0 Å². The molecule has 4 aromatic rings. The van der Waals surface area contributed by atoms with Crippen molar-refractivity contribution >= 4 is 37.8 Å². The number of para-hydroxylation sites is 1. The third kappa shape index (κ3) is 1.10. The number of benzene rings is 1. The molecular weight excluding hydrogens is 246 g/mol. The van der Waals surface area contributed by atoms with Gasteiger partial charge in [0.1, 0.15) is 11.0 Å². The molecule has 0 amide bonds. The van der Waals surface area contributed by atoms with Crippen molar-refractivity contribution in [2.45, 2.75) is 6.92 Å². The van der Waals surface area contributed by atoms with Crippen molar-refractivity contribution in [3.8, 4) is 0 Å². The molecule has 88 valence electrons. The first-order chi connectivity index (χ1) is 8.75. The monoisotopic (exact) mass is 256 g/mol. The molecule has 0 saturated carbocycles. The summed E-state index contributed by atoms with van der Waals surface area (Å²) in [7, 11) is 1.98. The van der Waals surface area contributed by atoms with Gasteiger partial charge in [0.2, 0.25) is 4.83 Å². The molecule has 0 fully saturated rings. The van der Waals surface area contributed by atoms with Crippen molar-refractivity contribution in [3.05, 3.63) is 30.1 Å². The van der Waals surface area contributed by atoms with E-state index in [1.165, 1.54) is 5.56 Å². The summed E-state index contributed by atoms with van der Waals surface area (Å²) in [6.45, 7) is 2.11. The van der Waals surface area contributed by atoms with E-state index in [4.69, 9.17) is 0 Å². The van der Waals surface area contributed by atoms with Crippen molar-refractivity contribution in [2.24, 2.45) is 7.05 Å². The Hall–Kier alpha value is -2.08. The minimum absolute atomic E-state index is 0.910. The largest absolute Gasteiger partial charge is 0.275 e. The third-order valence-corrected chi connectivity index (χ3v) is 4.06. The van der Waals surface area contributed by atoms with Crippen molar-refractivity contribution in [2.75, 3.05) is 0 Å². The molecule has 0 bridgehead atoms. The molecule has 0 aliphatic rings. The first kappa shape index (κ1) is 9.90. The first-order valence-electron chi connectivity index (χ1n) is 5.63. The van der Waals surface area contributed by atoms with Crippen LogP contribution in [-0.4, -0.2) is 19.6 Å². The Kier molecular flexibility index (Phi) is 1.78. The van der Waals surface area contributed by atoms with Crippen LogP contribution in [0.2, 0.25) is 0 Å². The zero-order valence-corrected chi connectivity index (χ0v) is 10.8. The van der Waals surface area contributed by atoms with Crippen LogP contribution in [0.3, 0.4) is 0 Å². The van der Waals surface area contributed by atoms with E-state index in [0.29, 0.717) is 0 Å². The molecule has 5 nitrogen and oxygen atoms in total. The molecule has 6 heteroatoms. The van der Waals surface area contributed by atoms with Crippen LogP contribution in [0.4, 0.5) is 0 Å². The van der Waals surface area contributed by atoms with Crippen LogP contribution < -0.4 is 4.57 Å². The number of hydrogen-bond donors (Lipinski definition) is 0. The fourth-order valence-electron chi connectivity index (χ4n) is 2.35. The van der Waals surface area contributed by atoms with Gasteiger partial charge in [-0.15, -0.1) is 0 Å². The molecular formula is C12H10N5S+. The lowest BCUT2D eigenvalue weighted by Crippen LogP contribution is -2.30. The zero-order valence-electron chi connectivity index (χ0n) is 9.95. The fraction of sp³-hybridized carbons (Fsp3) is 0.167. The SMILES string of the molecule is Cc1cccc2nc3sc4nnc[n+](C)c4n3c12. The number of rotatable bonds is 0. The van der Waals surface area contributed by atoms with Gasteiger partial charge in [0.15, 0.2) is 0 Å². The zero-order chi connectivity index (χ0) is 12.3. The Morgan fingerprint density at radius 2 is 2.22 bits per heavy atom. The molecule has 18 heavy (non-hydrogen) atoms. The molecule has 0 radical (unpaired) electrons. The van der Waals surface area contributed by atoms with Crippen LogP contribution in [0.15, 0.2) is 24.5 Å². The molecule has 3 aromatic heterocycles. The number of aryl methyl sites for hydroxylation is 2. The molecule has 0 atom stereocenters. The summed E-state index contributed by atoms with van der Waals surface area (Å²) in [5.74, 6) is 0. The van der Waals surface area contributed by atoms with E-state index in [1.54, 1.807) is 17.7 Å². The van der Waals surface area contributed by atoms with Gasteiger partial charge in [0.05, 0.1) is 7.05 Å². The average molecular weight is 256 g/mol. The lowest BCUT2D eigenvalue weighted by Gasteiger charge is -1.95. The van der Waals surface area contributed by atoms with Gasteiger partial charge in [-0.25, -0.2) is 9.55 Å². The summed E-state index contributed by atoms with van der Waals surface area (Å²) in [6.07, 6.45) is 1.72. The van der Waals surface area contributed by atoms with Crippen LogP contribution in [-0.2, 0) is 7.05 Å². The highest BCUT2D eigenvalue weighted by Gasteiger charge is 2.20. The second kappa shape index (κ2) is 3.23. The standard InChI is InChI=1S/C12H10N5S/c1-7-4-3-5-8-9(7)17-11-10(18-12(17)14-8)15-13-6-16(11)2/h3-6H,1-2H3/q+1. The second-order valence-corrected chi connectivity index (χ2v) is 5.30. The van der Waals surface area contributed by atoms with Gasteiger partial charge < -0.3 is 0 Å². The molecule has 1 aromatic carbocycles. The van der Waals surface area contributed by atoms with E-state index in [0.717, 1.165) is 26.5 Å². The molecule has 0 aliphatic heterocycles. The van der Waals surface area contributed by atoms with Crippen LogP contribution >= 0.6 is 11.3 Å². The predicted octanol–water partition coefficient (Wildman–Crippen LogP) is 1.63. The number of nitrogens with zero attached hydrogens (tertiary/aromatic N) is 5. The van der Waals surface area contributed by atoms with Gasteiger partial charge in [-0.2, -0.15) is 4.40 Å². The van der Waals surface area contributed by atoms with Crippen molar-refractivity contribution in [1.29, 1.82) is 0 Å². The van der Waals surface area contributed by atoms with Gasteiger partial charge in [-0.1, -0.05) is 28.6 Å². The molecule has 0 saturated heterocycles. The Morgan fingerprint density at radius 1 is 1.33 bits per heavy atom. The van der Waals surface area contributed by atoms with Gasteiger partial charge in [0, 0.05) is 5.10 Å². The molecule has 0 N–H and O–H groups in total. The van der Waals surface area contributed by atoms with Crippen LogP contribution in [0.25, 0.3) is 26.5 Å². The number of thiazole rings is 1. The average Bonchev–Trinajstić information content (AvgIpc) is 2.84. The summed E-state index contributed by atoms with van der Waals surface area (Å²) < 4.78 is 4.15. The lowest BCUT2D eigenvalue weighted by atomic mass is 10.2. The summed E-state index contributed by atoms with van der Waals surface area (Å²) in [5, 5.41) is 8.15. The maximum atomic E-state index is 4.65. The van der Waals surface area contributed by atoms with Gasteiger partial charge in [0.25, 0.3) is 16.9 Å². The maximum Gasteiger partial charge on any atom is 0.275 e. The summed E-state index contributed by atoms with van der Waals surface area (Å²) in [6, 6.07) is 6.19. The second-order valence-electron chi connectivity index (χ2n) is 4.35. The summed E-state index contributed by atoms with van der Waals surface area (Å²) in [5.41, 5.74) is 4.45. The van der Waals surface area contributed by atoms with Crippen molar-refractivity contribution in [3.63, 3.8) is 0 Å². The van der Waals surface area contributed by atoms with Crippen molar-refractivity contribution < 1.29 is 4.57 Å². The lowest BCUT2D eigenvalue weighted by molar-refractivity contribution is -0.650. The smallest absolute Gasteiger partial charge is 0.234 e. The van der Waals surface area contributed by atoms with E-state index < -0.39 is 0 Å². The highest BCUT2D eigenvalue weighted by molar-refractivity contribution is 7.23. The molecule has 0 unspecified atom stereocenters. The third-order valence-electron chi connectivity index (χ3n) is 3.15. The summed E-state index contributed by atoms with van der Waals surface area (Å²) in [4.78, 5) is 6.53. The van der Waals surface area contributed by atoms with Gasteiger partial charge in [-0.05, 0) is 18.6 Å². The Morgan fingerprint density at radius 3 is 3.11 bits per heavy atom. The number of aromatic nitrogens is 5. The quantitative estimate of drug-likeness (QED) is 0.449. The van der Waals surface area contributed by atoms with Crippen LogP contribution in [0.5, 0.6) is 0 Å². The van der Waals surface area contributed by atoms with E-state index >= 15 is 0 Å². The maximum absolute atomic E-state index is 4.65. The van der Waals surface area contributed by atoms with Crippen LogP contribution in [0, 0.1) is 6.92 Å². The molecule has 4 rings (SSSR count). The van der Waals surface area contributed by atoms with Gasteiger partial charge in [-0.3, -0.25) is 0 Å². The molecule has 3 heterocycles. The Labute approximate surface area is 106 Å². The van der Waals surface area contributed by atoms with Crippen molar-refractivity contribution in [1.82, 2.24) is 19.6 Å². The first-order valence-corrected chi connectivity index (χ1v) is 6.45. The highest BCUT2D eigenvalue weighted by atomic mass is 32.1. The van der Waals surface area contributed by atoms with E-state index in [2.05, 4.69) is 32.6 Å². The van der Waals surface area contributed by atoms with E-state index in [9.17, 15) is 0 Å². The predicted molar refractivity (Wildman–Crippen MR) is 69.6 cm³/mol. The number of hydrogen-bond acceptors (Lipinski definition) is 4. The highest BCUT2D eigenvalue weighted by Crippen LogP contribution is 2.28. The van der Waals surface area contributed by atoms with Crippen LogP contribution in [0.1, 0.15) is 5.56 Å². The topological polar surface area (TPSA) is 47.0 Å². The number of fused-ring (bicyclic) bond motifs is 5. The van der Waals surface area contributed by atoms with E-state index in [-0.39, 0.29) is 0 Å². The minimum atomic E-state index is 0.910. The minimum Gasteiger partial charge on any atom is -0.234 e. The van der Waals surface area contributed by atoms with E-state index in [1.807, 2.05) is 23.7 Å². The Bertz CT molecular complexity index is 834. The Balaban J connectivity index is 2.40. The fourth-order valence-corrected chi connectivity index (χ4v) is 3.35. The normalized spacial score (nSPS) is 11.9. The molecule has 0 spiro atoms. The number of imidazole rings is 1. The molecule has 0 aliphatic carbocycles. The summed E-state index contributed by atoms with van der Waals surface area (Å²) >= 11 is 1.57.